The van der Waals surface area contributed by atoms with Crippen LogP contribution in [0, 0.1) is 13.8 Å². The molecule has 0 bridgehead atoms. The fraction of sp³-hybridized carbons (Fsp3) is 0.211. The lowest BCUT2D eigenvalue weighted by atomic mass is 10.0. The predicted molar refractivity (Wildman–Crippen MR) is 96.0 cm³/mol. The number of guanidine groups is 1. The average Bonchev–Trinajstić information content (AvgIpc) is 2.57. The molecule has 0 saturated carbocycles. The van der Waals surface area contributed by atoms with Gasteiger partial charge in [-0.1, -0.05) is 59.7 Å². The van der Waals surface area contributed by atoms with Crippen molar-refractivity contribution in [3.8, 4) is 0 Å². The molecule has 1 unspecified atom stereocenters. The molecule has 1 amide bonds. The summed E-state index contributed by atoms with van der Waals surface area (Å²) in [6, 6.07) is 16.0. The smallest absolute Gasteiger partial charge is 0.229 e. The fourth-order valence-corrected chi connectivity index (χ4v) is 2.48. The second kappa shape index (κ2) is 7.08. The van der Waals surface area contributed by atoms with Crippen molar-refractivity contribution in [1.29, 1.82) is 0 Å². The molecule has 122 valence electrons. The number of carbonyl (C=O) groups excluding carboxylic acids is 1. The van der Waals surface area contributed by atoms with Crippen LogP contribution >= 0.6 is 0 Å². The Morgan fingerprint density at radius 2 is 1.62 bits per heavy atom. The molecule has 2 N–H and O–H groups in total. The van der Waals surface area contributed by atoms with E-state index in [1.807, 2.05) is 62.4 Å². The third-order valence-corrected chi connectivity index (χ3v) is 3.88. The molecule has 1 fully saturated rings. The van der Waals surface area contributed by atoms with E-state index in [-0.39, 0.29) is 11.9 Å². The molecule has 0 aliphatic carbocycles. The van der Waals surface area contributed by atoms with E-state index in [1.165, 1.54) is 11.1 Å². The highest BCUT2D eigenvalue weighted by molar-refractivity contribution is 6.00. The maximum atomic E-state index is 11.9. The summed E-state index contributed by atoms with van der Waals surface area (Å²) in [7, 11) is 0. The molecule has 1 aliphatic rings. The highest BCUT2D eigenvalue weighted by atomic mass is 16.2. The Morgan fingerprint density at radius 3 is 2.29 bits per heavy atom. The normalized spacial score (nSPS) is 19.3. The molecule has 0 radical (unpaired) electrons. The lowest BCUT2D eigenvalue weighted by molar-refractivity contribution is -0.120. The van der Waals surface area contributed by atoms with E-state index < -0.39 is 0 Å². The van der Waals surface area contributed by atoms with Gasteiger partial charge >= 0.3 is 0 Å². The molecule has 1 aliphatic heterocycles. The second-order valence-corrected chi connectivity index (χ2v) is 5.96. The molecule has 1 atom stereocenters. The number of amides is 1. The molecule has 0 aromatic heterocycles. The molecule has 5 heteroatoms. The maximum Gasteiger partial charge on any atom is 0.229 e. The zero-order chi connectivity index (χ0) is 16.9. The van der Waals surface area contributed by atoms with Crippen LogP contribution in [0.25, 0.3) is 0 Å². The Balaban J connectivity index is 1.71. The number of aryl methyl sites for hydroxylation is 2. The van der Waals surface area contributed by atoms with Crippen LogP contribution in [0.3, 0.4) is 0 Å². The first-order valence-electron chi connectivity index (χ1n) is 7.91. The van der Waals surface area contributed by atoms with Crippen molar-refractivity contribution < 1.29 is 4.79 Å². The second-order valence-electron chi connectivity index (χ2n) is 5.96. The third kappa shape index (κ3) is 4.07. The summed E-state index contributed by atoms with van der Waals surface area (Å²) in [5, 5.41) is 14.1. The van der Waals surface area contributed by atoms with Gasteiger partial charge in [0, 0.05) is 0 Å². The van der Waals surface area contributed by atoms with Gasteiger partial charge in [-0.2, -0.15) is 5.10 Å². The van der Waals surface area contributed by atoms with Gasteiger partial charge in [0.1, 0.15) is 0 Å². The number of benzene rings is 2. The van der Waals surface area contributed by atoms with Crippen LogP contribution in [0.2, 0.25) is 0 Å². The lowest BCUT2D eigenvalue weighted by Gasteiger charge is -2.25. The molecular weight excluding hydrogens is 300 g/mol. The van der Waals surface area contributed by atoms with E-state index in [2.05, 4.69) is 20.8 Å². The molecule has 24 heavy (non-hydrogen) atoms. The van der Waals surface area contributed by atoms with Gasteiger partial charge in [-0.05, 0) is 25.0 Å². The van der Waals surface area contributed by atoms with Crippen molar-refractivity contribution in [1.82, 2.24) is 10.6 Å². The van der Waals surface area contributed by atoms with Crippen molar-refractivity contribution in [3.05, 3.63) is 70.8 Å². The highest BCUT2D eigenvalue weighted by Crippen LogP contribution is 2.19. The SMILES string of the molecule is Cc1ccc(C=NN=C2NC(=O)CC(c3ccc(C)cc3)N2)cc1. The van der Waals surface area contributed by atoms with Crippen molar-refractivity contribution in [2.75, 3.05) is 0 Å². The van der Waals surface area contributed by atoms with Crippen LogP contribution < -0.4 is 10.6 Å². The molecule has 3 rings (SSSR count). The summed E-state index contributed by atoms with van der Waals surface area (Å²) in [5.74, 6) is 0.309. The molecule has 5 nitrogen and oxygen atoms in total. The minimum atomic E-state index is -0.0901. The van der Waals surface area contributed by atoms with Crippen molar-refractivity contribution in [2.45, 2.75) is 26.3 Å². The third-order valence-electron chi connectivity index (χ3n) is 3.88. The zero-order valence-electron chi connectivity index (χ0n) is 13.8. The number of hydrogen-bond acceptors (Lipinski definition) is 3. The number of carbonyl (C=O) groups is 1. The Kier molecular flexibility index (Phi) is 4.70. The summed E-state index contributed by atoms with van der Waals surface area (Å²) < 4.78 is 0. The van der Waals surface area contributed by atoms with E-state index in [4.69, 9.17) is 0 Å². The quantitative estimate of drug-likeness (QED) is 0.674. The highest BCUT2D eigenvalue weighted by Gasteiger charge is 2.23. The Hall–Kier alpha value is -2.95. The van der Waals surface area contributed by atoms with Crippen LogP contribution in [0.15, 0.2) is 58.7 Å². The van der Waals surface area contributed by atoms with E-state index in [0.717, 1.165) is 11.1 Å². The van der Waals surface area contributed by atoms with Crippen molar-refractivity contribution in [3.63, 3.8) is 0 Å². The first-order valence-corrected chi connectivity index (χ1v) is 7.91. The minimum absolute atomic E-state index is 0.0661. The number of nitrogens with one attached hydrogen (secondary N) is 2. The van der Waals surface area contributed by atoms with E-state index in [9.17, 15) is 4.79 Å². The zero-order valence-corrected chi connectivity index (χ0v) is 13.8. The summed E-state index contributed by atoms with van der Waals surface area (Å²) in [5.41, 5.74) is 4.41. The maximum absolute atomic E-state index is 11.9. The number of rotatable bonds is 3. The van der Waals surface area contributed by atoms with Gasteiger partial charge in [0.25, 0.3) is 0 Å². The van der Waals surface area contributed by atoms with Crippen LogP contribution in [-0.4, -0.2) is 18.1 Å². The minimum Gasteiger partial charge on any atom is -0.347 e. The van der Waals surface area contributed by atoms with Gasteiger partial charge in [-0.15, -0.1) is 5.10 Å². The van der Waals surface area contributed by atoms with Gasteiger partial charge in [-0.25, -0.2) is 0 Å². The van der Waals surface area contributed by atoms with E-state index in [1.54, 1.807) is 6.21 Å². The van der Waals surface area contributed by atoms with Crippen molar-refractivity contribution >= 4 is 18.1 Å². The standard InChI is InChI=1S/C19H20N4O/c1-13-3-7-15(8-4-13)12-20-23-19-21-17(11-18(24)22-19)16-9-5-14(2)6-10-16/h3-10,12,17H,11H2,1-2H3,(H2,21,22,23,24). The Labute approximate surface area is 141 Å². The molecule has 0 spiro atoms. The van der Waals surface area contributed by atoms with Crippen LogP contribution in [-0.2, 0) is 4.79 Å². The molecule has 1 saturated heterocycles. The van der Waals surface area contributed by atoms with Gasteiger partial charge in [0.15, 0.2) is 0 Å². The van der Waals surface area contributed by atoms with Gasteiger partial charge in [0.05, 0.1) is 18.7 Å². The van der Waals surface area contributed by atoms with Gasteiger partial charge in [-0.3, -0.25) is 10.1 Å². The number of nitrogens with zero attached hydrogens (tertiary/aromatic N) is 2. The first kappa shape index (κ1) is 15.9. The Bertz CT molecular complexity index is 776. The van der Waals surface area contributed by atoms with E-state index >= 15 is 0 Å². The average molecular weight is 320 g/mol. The summed E-state index contributed by atoms with van der Waals surface area (Å²) in [6.45, 7) is 4.07. The number of hydrogen-bond donors (Lipinski definition) is 2. The van der Waals surface area contributed by atoms with Gasteiger partial charge < -0.3 is 5.32 Å². The molecule has 1 heterocycles. The largest absolute Gasteiger partial charge is 0.347 e. The van der Waals surface area contributed by atoms with Crippen LogP contribution in [0.5, 0.6) is 0 Å². The lowest BCUT2D eigenvalue weighted by Crippen LogP contribution is -2.49. The molecule has 2 aromatic rings. The van der Waals surface area contributed by atoms with Crippen molar-refractivity contribution in [2.24, 2.45) is 10.2 Å². The molecular formula is C19H20N4O. The monoisotopic (exact) mass is 320 g/mol. The summed E-state index contributed by atoms with van der Waals surface area (Å²) in [4.78, 5) is 11.9. The molecule has 2 aromatic carbocycles. The fourth-order valence-electron chi connectivity index (χ4n) is 2.48. The topological polar surface area (TPSA) is 65.8 Å². The first-order chi connectivity index (χ1) is 11.6. The Morgan fingerprint density at radius 1 is 1.00 bits per heavy atom. The van der Waals surface area contributed by atoms with Crippen LogP contribution in [0.1, 0.15) is 34.7 Å². The summed E-state index contributed by atoms with van der Waals surface area (Å²) in [6.07, 6.45) is 2.04. The summed E-state index contributed by atoms with van der Waals surface area (Å²) >= 11 is 0. The van der Waals surface area contributed by atoms with Gasteiger partial charge in [0.2, 0.25) is 11.9 Å². The van der Waals surface area contributed by atoms with Crippen LogP contribution in [0.4, 0.5) is 0 Å². The predicted octanol–water partition coefficient (Wildman–Crippen LogP) is 2.84. The van der Waals surface area contributed by atoms with E-state index in [0.29, 0.717) is 12.4 Å².